The fourth-order valence-electron chi connectivity index (χ4n) is 6.36. The van der Waals surface area contributed by atoms with Crippen molar-refractivity contribution in [3.05, 3.63) is 48.6 Å². The van der Waals surface area contributed by atoms with Crippen LogP contribution in [0.15, 0.2) is 43.0 Å². The van der Waals surface area contributed by atoms with E-state index in [0.29, 0.717) is 16.2 Å². The second kappa shape index (κ2) is 2.92. The molecular weight excluding hydrogens is 216 g/mol. The number of fused-ring (bicyclic) bond motifs is 4. The zero-order chi connectivity index (χ0) is 12.6. The molecule has 0 aromatic heterocycles. The minimum absolute atomic E-state index is 0.453. The van der Waals surface area contributed by atoms with Gasteiger partial charge < -0.3 is 0 Å². The Morgan fingerprint density at radius 1 is 1.17 bits per heavy atom. The summed E-state index contributed by atoms with van der Waals surface area (Å²) in [4.78, 5) is 0. The maximum atomic E-state index is 4.01. The maximum Gasteiger partial charge on any atom is 0.0108 e. The van der Waals surface area contributed by atoms with Crippen LogP contribution in [-0.2, 0) is 5.41 Å². The number of allylic oxidation sites excluding steroid dienone is 1. The van der Waals surface area contributed by atoms with Crippen LogP contribution in [0.5, 0.6) is 0 Å². The van der Waals surface area contributed by atoms with Gasteiger partial charge in [-0.2, -0.15) is 0 Å². The molecule has 0 radical (unpaired) electrons. The molecule has 4 rings (SSSR count). The van der Waals surface area contributed by atoms with Crippen molar-refractivity contribution in [3.8, 4) is 0 Å². The molecule has 3 saturated carbocycles. The summed E-state index contributed by atoms with van der Waals surface area (Å²) in [5.41, 5.74) is 3.06. The first kappa shape index (κ1) is 10.8. The highest BCUT2D eigenvalue weighted by atomic mass is 15.0. The van der Waals surface area contributed by atoms with Crippen LogP contribution in [0, 0.1) is 22.7 Å². The topological polar surface area (TPSA) is 0 Å². The van der Waals surface area contributed by atoms with E-state index >= 15 is 0 Å². The van der Waals surface area contributed by atoms with E-state index in [0.717, 1.165) is 11.8 Å². The summed E-state index contributed by atoms with van der Waals surface area (Å²) in [6.07, 6.45) is 6.23. The fraction of sp³-hybridized carbons (Fsp3) is 0.556. The van der Waals surface area contributed by atoms with E-state index in [1.807, 2.05) is 0 Å². The maximum absolute atomic E-state index is 4.01. The van der Waals surface area contributed by atoms with Crippen molar-refractivity contribution < 1.29 is 0 Å². The third kappa shape index (κ3) is 0.735. The van der Waals surface area contributed by atoms with Crippen LogP contribution in [0.2, 0.25) is 0 Å². The molecule has 0 heteroatoms. The van der Waals surface area contributed by atoms with Crippen molar-refractivity contribution in [2.75, 3.05) is 0 Å². The zero-order valence-corrected chi connectivity index (χ0v) is 11.4. The van der Waals surface area contributed by atoms with Gasteiger partial charge in [0.25, 0.3) is 0 Å². The molecule has 0 spiro atoms. The minimum atomic E-state index is 0.453. The van der Waals surface area contributed by atoms with E-state index < -0.39 is 0 Å². The van der Waals surface area contributed by atoms with Gasteiger partial charge in [0.05, 0.1) is 0 Å². The Morgan fingerprint density at radius 2 is 1.83 bits per heavy atom. The Hall–Kier alpha value is -1.04. The summed E-state index contributed by atoms with van der Waals surface area (Å²) < 4.78 is 0. The van der Waals surface area contributed by atoms with Crippen molar-refractivity contribution in [2.24, 2.45) is 22.7 Å². The first-order valence-electron chi connectivity index (χ1n) is 7.31. The van der Waals surface area contributed by atoms with Crippen LogP contribution < -0.4 is 0 Å². The molecule has 1 aromatic carbocycles. The fourth-order valence-corrected chi connectivity index (χ4v) is 6.36. The number of hydrogen-bond acceptors (Lipinski definition) is 0. The zero-order valence-electron chi connectivity index (χ0n) is 11.4. The van der Waals surface area contributed by atoms with Gasteiger partial charge in [0, 0.05) is 5.41 Å². The van der Waals surface area contributed by atoms with Gasteiger partial charge in [0.15, 0.2) is 0 Å². The molecule has 0 bridgehead atoms. The first-order valence-corrected chi connectivity index (χ1v) is 7.31. The average molecular weight is 238 g/mol. The lowest BCUT2D eigenvalue weighted by molar-refractivity contribution is -0.0483. The molecule has 3 aliphatic rings. The van der Waals surface area contributed by atoms with Crippen molar-refractivity contribution in [1.29, 1.82) is 0 Å². The van der Waals surface area contributed by atoms with E-state index in [1.54, 1.807) is 5.56 Å². The molecule has 1 aromatic rings. The quantitative estimate of drug-likeness (QED) is 0.677. The summed E-state index contributed by atoms with van der Waals surface area (Å²) in [7, 11) is 0. The van der Waals surface area contributed by atoms with Crippen LogP contribution in [0.4, 0.5) is 0 Å². The van der Waals surface area contributed by atoms with Gasteiger partial charge in [-0.3, -0.25) is 0 Å². The van der Waals surface area contributed by atoms with Crippen LogP contribution in [-0.4, -0.2) is 0 Å². The molecule has 0 aliphatic heterocycles. The van der Waals surface area contributed by atoms with Crippen molar-refractivity contribution in [2.45, 2.75) is 38.5 Å². The van der Waals surface area contributed by atoms with Crippen LogP contribution >= 0.6 is 0 Å². The van der Waals surface area contributed by atoms with E-state index in [1.165, 1.54) is 19.3 Å². The Morgan fingerprint density at radius 3 is 2.39 bits per heavy atom. The molecule has 3 fully saturated rings. The lowest BCUT2D eigenvalue weighted by Gasteiger charge is -2.58. The van der Waals surface area contributed by atoms with Gasteiger partial charge in [-0.05, 0) is 47.5 Å². The normalized spacial score (nSPS) is 51.4. The Bertz CT molecular complexity index is 516. The third-order valence-corrected chi connectivity index (χ3v) is 7.13. The van der Waals surface area contributed by atoms with Crippen LogP contribution in [0.1, 0.15) is 38.7 Å². The van der Waals surface area contributed by atoms with Crippen LogP contribution in [0.25, 0.3) is 0 Å². The molecule has 0 heterocycles. The second-order valence-corrected chi connectivity index (χ2v) is 6.99. The predicted molar refractivity (Wildman–Crippen MR) is 75.4 cm³/mol. The van der Waals surface area contributed by atoms with Crippen molar-refractivity contribution >= 4 is 0 Å². The van der Waals surface area contributed by atoms with E-state index in [4.69, 9.17) is 0 Å². The lowest BCUT2D eigenvalue weighted by Crippen LogP contribution is -2.54. The van der Waals surface area contributed by atoms with Gasteiger partial charge >= 0.3 is 0 Å². The SMILES string of the molecule is C=CC[C@]1(C)[C@]2(C)[C@H]3CC[C@@H]3[C@]12c1ccccc1. The van der Waals surface area contributed by atoms with Crippen molar-refractivity contribution in [1.82, 2.24) is 0 Å². The van der Waals surface area contributed by atoms with Gasteiger partial charge in [-0.15, -0.1) is 6.58 Å². The molecule has 3 aliphatic carbocycles. The monoisotopic (exact) mass is 238 g/mol. The summed E-state index contributed by atoms with van der Waals surface area (Å²) in [6, 6.07) is 11.3. The Labute approximate surface area is 110 Å². The largest absolute Gasteiger partial charge is 0.103 e. The average Bonchev–Trinajstić information content (AvgIpc) is 2.69. The molecule has 0 amide bonds. The lowest BCUT2D eigenvalue weighted by atomic mass is 9.46. The summed E-state index contributed by atoms with van der Waals surface area (Å²) in [6.45, 7) is 9.07. The van der Waals surface area contributed by atoms with Crippen molar-refractivity contribution in [3.63, 3.8) is 0 Å². The number of rotatable bonds is 3. The molecule has 0 saturated heterocycles. The Kier molecular flexibility index (Phi) is 1.76. The van der Waals surface area contributed by atoms with Gasteiger partial charge in [-0.1, -0.05) is 50.3 Å². The minimum Gasteiger partial charge on any atom is -0.103 e. The molecule has 94 valence electrons. The summed E-state index contributed by atoms with van der Waals surface area (Å²) in [5, 5.41) is 0. The number of benzene rings is 1. The van der Waals surface area contributed by atoms with Gasteiger partial charge in [0.2, 0.25) is 0 Å². The second-order valence-electron chi connectivity index (χ2n) is 6.99. The highest BCUT2D eigenvalue weighted by Crippen LogP contribution is 2.97. The van der Waals surface area contributed by atoms with E-state index in [-0.39, 0.29) is 0 Å². The molecule has 0 unspecified atom stereocenters. The highest BCUT2D eigenvalue weighted by molar-refractivity contribution is 5.55. The third-order valence-electron chi connectivity index (χ3n) is 7.13. The Balaban J connectivity index is 1.87. The standard InChI is InChI=1S/C18H22/c1-4-12-16(2)17(3)14-10-11-15(14)18(16,17)13-8-6-5-7-9-13/h4-9,14-15H,1,10-12H2,2-3H3/t14-,15-,16+,17-,18+/m0/s1. The molecule has 0 N–H and O–H groups in total. The van der Waals surface area contributed by atoms with Crippen LogP contribution in [0.3, 0.4) is 0 Å². The molecule has 18 heavy (non-hydrogen) atoms. The predicted octanol–water partition coefficient (Wildman–Crippen LogP) is 4.57. The molecule has 5 atom stereocenters. The summed E-state index contributed by atoms with van der Waals surface area (Å²) >= 11 is 0. The van der Waals surface area contributed by atoms with Gasteiger partial charge in [0.1, 0.15) is 0 Å². The highest BCUT2D eigenvalue weighted by Gasteiger charge is 2.95. The molecular formula is C18H22. The van der Waals surface area contributed by atoms with E-state index in [2.05, 4.69) is 56.8 Å². The smallest absolute Gasteiger partial charge is 0.0108 e. The molecule has 0 nitrogen and oxygen atoms in total. The summed E-state index contributed by atoms with van der Waals surface area (Å²) in [5.74, 6) is 1.94. The number of hydrogen-bond donors (Lipinski definition) is 0. The first-order chi connectivity index (χ1) is 8.64. The van der Waals surface area contributed by atoms with E-state index in [9.17, 15) is 0 Å². The van der Waals surface area contributed by atoms with Gasteiger partial charge in [-0.25, -0.2) is 0 Å².